The third-order valence-corrected chi connectivity index (χ3v) is 4.14. The van der Waals surface area contributed by atoms with Gasteiger partial charge in [-0.2, -0.15) is 0 Å². The number of hydrogen-bond acceptors (Lipinski definition) is 3. The number of benzene rings is 1. The predicted octanol–water partition coefficient (Wildman–Crippen LogP) is 3.23. The predicted molar refractivity (Wildman–Crippen MR) is 72.6 cm³/mol. The van der Waals surface area contributed by atoms with Crippen molar-refractivity contribution in [3.05, 3.63) is 35.2 Å². The highest BCUT2D eigenvalue weighted by atomic mass is 32.1. The van der Waals surface area contributed by atoms with Crippen LogP contribution in [0, 0.1) is 0 Å². The van der Waals surface area contributed by atoms with E-state index >= 15 is 0 Å². The highest BCUT2D eigenvalue weighted by Crippen LogP contribution is 2.27. The molecule has 2 aromatic rings. The SMILES string of the molecule is CCC(OC)C(O)Cc1csc2ccccc12. The summed E-state index contributed by atoms with van der Waals surface area (Å²) in [4.78, 5) is 0. The van der Waals surface area contributed by atoms with Crippen molar-refractivity contribution in [3.8, 4) is 0 Å². The molecule has 17 heavy (non-hydrogen) atoms. The standard InChI is InChI=1S/C14H18O2S/c1-3-13(16-2)12(15)8-10-9-17-14-7-5-4-6-11(10)14/h4-7,9,12-13,15H,3,8H2,1-2H3. The summed E-state index contributed by atoms with van der Waals surface area (Å²) in [6.07, 6.45) is 0.993. The Balaban J connectivity index is 2.18. The summed E-state index contributed by atoms with van der Waals surface area (Å²) in [5.41, 5.74) is 1.22. The van der Waals surface area contributed by atoms with E-state index in [1.807, 2.05) is 19.1 Å². The molecule has 92 valence electrons. The van der Waals surface area contributed by atoms with Crippen molar-refractivity contribution in [1.29, 1.82) is 0 Å². The van der Waals surface area contributed by atoms with Crippen LogP contribution < -0.4 is 0 Å². The molecule has 0 fully saturated rings. The highest BCUT2D eigenvalue weighted by molar-refractivity contribution is 7.17. The van der Waals surface area contributed by atoms with Gasteiger partial charge in [0.05, 0.1) is 12.2 Å². The number of aliphatic hydroxyl groups excluding tert-OH is 1. The molecule has 2 rings (SSSR count). The quantitative estimate of drug-likeness (QED) is 0.883. The molecule has 3 heteroatoms. The summed E-state index contributed by atoms with van der Waals surface area (Å²) in [6, 6.07) is 8.31. The monoisotopic (exact) mass is 250 g/mol. The first kappa shape index (κ1) is 12.6. The number of rotatable bonds is 5. The molecule has 0 aliphatic heterocycles. The molecule has 2 unspecified atom stereocenters. The van der Waals surface area contributed by atoms with Gasteiger partial charge in [-0.25, -0.2) is 0 Å². The number of fused-ring (bicyclic) bond motifs is 1. The third kappa shape index (κ3) is 2.68. The number of aliphatic hydroxyl groups is 1. The molecule has 0 amide bonds. The Kier molecular flexibility index (Phi) is 4.15. The summed E-state index contributed by atoms with van der Waals surface area (Å²) in [5, 5.41) is 13.5. The van der Waals surface area contributed by atoms with Crippen molar-refractivity contribution < 1.29 is 9.84 Å². The summed E-state index contributed by atoms with van der Waals surface area (Å²) in [6.45, 7) is 2.03. The van der Waals surface area contributed by atoms with E-state index in [9.17, 15) is 5.11 Å². The van der Waals surface area contributed by atoms with Crippen LogP contribution in [0.15, 0.2) is 29.6 Å². The van der Waals surface area contributed by atoms with E-state index in [0.29, 0.717) is 6.42 Å². The van der Waals surface area contributed by atoms with Crippen molar-refractivity contribution in [2.24, 2.45) is 0 Å². The average molecular weight is 250 g/mol. The highest BCUT2D eigenvalue weighted by Gasteiger charge is 2.18. The zero-order valence-electron chi connectivity index (χ0n) is 10.2. The maximum Gasteiger partial charge on any atom is 0.0842 e. The van der Waals surface area contributed by atoms with Crippen molar-refractivity contribution in [3.63, 3.8) is 0 Å². The zero-order valence-corrected chi connectivity index (χ0v) is 11.0. The minimum atomic E-state index is -0.428. The molecule has 0 bridgehead atoms. The summed E-state index contributed by atoms with van der Waals surface area (Å²) in [5.74, 6) is 0. The van der Waals surface area contributed by atoms with E-state index in [2.05, 4.69) is 17.5 Å². The van der Waals surface area contributed by atoms with Crippen LogP contribution in [-0.2, 0) is 11.2 Å². The van der Waals surface area contributed by atoms with Crippen LogP contribution in [0.4, 0.5) is 0 Å². The van der Waals surface area contributed by atoms with E-state index in [1.165, 1.54) is 15.6 Å². The molecular weight excluding hydrogens is 232 g/mol. The van der Waals surface area contributed by atoms with Crippen LogP contribution >= 0.6 is 11.3 Å². The van der Waals surface area contributed by atoms with Crippen LogP contribution in [0.1, 0.15) is 18.9 Å². The van der Waals surface area contributed by atoms with Gasteiger partial charge in [-0.3, -0.25) is 0 Å². The molecule has 1 N–H and O–H groups in total. The molecule has 1 aromatic heterocycles. The lowest BCUT2D eigenvalue weighted by atomic mass is 10.0. The van der Waals surface area contributed by atoms with E-state index in [1.54, 1.807) is 18.4 Å². The number of hydrogen-bond donors (Lipinski definition) is 1. The molecule has 0 spiro atoms. The van der Waals surface area contributed by atoms with Gasteiger partial charge in [0.2, 0.25) is 0 Å². The van der Waals surface area contributed by atoms with Crippen molar-refractivity contribution in [1.82, 2.24) is 0 Å². The van der Waals surface area contributed by atoms with Gasteiger partial charge in [-0.05, 0) is 28.8 Å². The van der Waals surface area contributed by atoms with Crippen LogP contribution in [0.25, 0.3) is 10.1 Å². The van der Waals surface area contributed by atoms with E-state index in [0.717, 1.165) is 6.42 Å². The molecule has 1 aromatic carbocycles. The normalized spacial score (nSPS) is 15.0. The largest absolute Gasteiger partial charge is 0.390 e. The molecule has 0 aliphatic rings. The Morgan fingerprint density at radius 2 is 2.12 bits per heavy atom. The Bertz CT molecular complexity index is 474. The number of thiophene rings is 1. The summed E-state index contributed by atoms with van der Waals surface area (Å²) >= 11 is 1.73. The fourth-order valence-electron chi connectivity index (χ4n) is 2.14. The van der Waals surface area contributed by atoms with Gasteiger partial charge >= 0.3 is 0 Å². The molecule has 0 radical (unpaired) electrons. The first-order chi connectivity index (χ1) is 8.26. The molecule has 2 nitrogen and oxygen atoms in total. The Morgan fingerprint density at radius 3 is 2.82 bits per heavy atom. The number of methoxy groups -OCH3 is 1. The second kappa shape index (κ2) is 5.63. The van der Waals surface area contributed by atoms with Crippen molar-refractivity contribution >= 4 is 21.4 Å². The first-order valence-electron chi connectivity index (χ1n) is 5.92. The minimum Gasteiger partial charge on any atom is -0.390 e. The third-order valence-electron chi connectivity index (χ3n) is 3.12. The second-order valence-electron chi connectivity index (χ2n) is 4.21. The van der Waals surface area contributed by atoms with Crippen LogP contribution in [0.5, 0.6) is 0 Å². The molecule has 0 saturated heterocycles. The second-order valence-corrected chi connectivity index (χ2v) is 5.12. The lowest BCUT2D eigenvalue weighted by Crippen LogP contribution is -2.29. The fraction of sp³-hybridized carbons (Fsp3) is 0.429. The maximum absolute atomic E-state index is 10.1. The average Bonchev–Trinajstić information content (AvgIpc) is 2.74. The summed E-state index contributed by atoms with van der Waals surface area (Å²) in [7, 11) is 1.66. The van der Waals surface area contributed by atoms with Gasteiger partial charge in [0.1, 0.15) is 0 Å². The van der Waals surface area contributed by atoms with Gasteiger partial charge < -0.3 is 9.84 Å². The Labute approximate surface area is 106 Å². The zero-order chi connectivity index (χ0) is 12.3. The lowest BCUT2D eigenvalue weighted by molar-refractivity contribution is -0.0126. The topological polar surface area (TPSA) is 29.5 Å². The smallest absolute Gasteiger partial charge is 0.0842 e. The molecule has 0 saturated carbocycles. The first-order valence-corrected chi connectivity index (χ1v) is 6.80. The summed E-state index contributed by atoms with van der Waals surface area (Å²) < 4.78 is 6.55. The van der Waals surface area contributed by atoms with Crippen LogP contribution in [0.2, 0.25) is 0 Å². The van der Waals surface area contributed by atoms with E-state index in [-0.39, 0.29) is 6.10 Å². The van der Waals surface area contributed by atoms with E-state index in [4.69, 9.17) is 4.74 Å². The van der Waals surface area contributed by atoms with Gasteiger partial charge in [0, 0.05) is 18.2 Å². The van der Waals surface area contributed by atoms with Crippen LogP contribution in [0.3, 0.4) is 0 Å². The van der Waals surface area contributed by atoms with Crippen molar-refractivity contribution in [2.75, 3.05) is 7.11 Å². The molecule has 0 aliphatic carbocycles. The Hall–Kier alpha value is -0.900. The fourth-order valence-corrected chi connectivity index (χ4v) is 3.12. The minimum absolute atomic E-state index is 0.0753. The molecular formula is C14H18O2S. The van der Waals surface area contributed by atoms with Crippen molar-refractivity contribution in [2.45, 2.75) is 32.0 Å². The van der Waals surface area contributed by atoms with Crippen LogP contribution in [-0.4, -0.2) is 24.4 Å². The maximum atomic E-state index is 10.1. The van der Waals surface area contributed by atoms with Gasteiger partial charge in [-0.15, -0.1) is 11.3 Å². The van der Waals surface area contributed by atoms with Gasteiger partial charge in [-0.1, -0.05) is 25.1 Å². The Morgan fingerprint density at radius 1 is 1.35 bits per heavy atom. The van der Waals surface area contributed by atoms with E-state index < -0.39 is 6.10 Å². The molecule has 2 atom stereocenters. The lowest BCUT2D eigenvalue weighted by Gasteiger charge is -2.19. The number of ether oxygens (including phenoxy) is 1. The van der Waals surface area contributed by atoms with Gasteiger partial charge in [0.25, 0.3) is 0 Å². The molecule has 1 heterocycles. The van der Waals surface area contributed by atoms with Gasteiger partial charge in [0.15, 0.2) is 0 Å².